The molecule has 16 nitrogen and oxygen atoms in total. The average molecular weight is 742 g/mol. The molecule has 1 aliphatic rings. The fourth-order valence-corrected chi connectivity index (χ4v) is 6.71. The van der Waals surface area contributed by atoms with E-state index in [1.54, 1.807) is 44.4 Å². The SMILES string of the molecule is CCc1cnn2c(NCc3ccc(=O)n(C)c3)nc(N3CCCC[C@H]3CCO)nc12.CCc1cnn2c(NCc3ccc(=O)n(C)c3)nc(SC)nc12. The van der Waals surface area contributed by atoms with Gasteiger partial charge in [-0.3, -0.25) is 9.59 Å². The Balaban J connectivity index is 0.000000188. The second-order valence-corrected chi connectivity index (χ2v) is 13.7. The molecule has 3 N–H and O–H groups in total. The fraction of sp³-hybridized carbons (Fsp3) is 0.444. The van der Waals surface area contributed by atoms with Gasteiger partial charge in [0.05, 0.1) is 12.4 Å². The molecule has 7 heterocycles. The summed E-state index contributed by atoms with van der Waals surface area (Å²) >= 11 is 1.50. The smallest absolute Gasteiger partial charge is 0.250 e. The zero-order valence-electron chi connectivity index (χ0n) is 30.9. The van der Waals surface area contributed by atoms with Crippen LogP contribution < -0.4 is 26.7 Å². The Bertz CT molecular complexity index is 2290. The Kier molecular flexibility index (Phi) is 12.0. The number of aliphatic hydroxyl groups is 1. The third-order valence-electron chi connectivity index (χ3n) is 9.34. The predicted molar refractivity (Wildman–Crippen MR) is 207 cm³/mol. The van der Waals surface area contributed by atoms with Gasteiger partial charge in [-0.25, -0.2) is 4.98 Å². The summed E-state index contributed by atoms with van der Waals surface area (Å²) in [7, 11) is 3.48. The standard InChI is InChI=1S/C21H29N7O2.C15H18N6OS/c1-3-16-13-23-28-19(16)24-21(27-10-5-4-6-17(27)9-11-29)25-20(28)22-12-15-7-8-18(30)26(2)14-15;1-4-11-8-17-21-13(11)18-15(23-3)19-14(21)16-7-10-5-6-12(22)20(2)9-10/h7-8,13-14,17,29H,3-6,9-12H2,1-2H3,(H,22,24,25);5-6,8-9H,4,7H2,1-3H3,(H,16,18,19)/t17-;/m0./s1. The lowest BCUT2D eigenvalue weighted by Gasteiger charge is -2.35. The minimum atomic E-state index is -0.0369. The lowest BCUT2D eigenvalue weighted by atomic mass is 10.0. The third-order valence-corrected chi connectivity index (χ3v) is 9.88. The first-order valence-corrected chi connectivity index (χ1v) is 19.1. The molecule has 6 aromatic rings. The molecule has 0 aromatic carbocycles. The van der Waals surface area contributed by atoms with Gasteiger partial charge < -0.3 is 29.8 Å². The number of nitrogens with zero attached hydrogens (tertiary/aromatic N) is 11. The predicted octanol–water partition coefficient (Wildman–Crippen LogP) is 3.46. The molecule has 0 spiro atoms. The number of aryl methyl sites for hydroxylation is 4. The maximum absolute atomic E-state index is 11.6. The molecule has 1 atom stereocenters. The molecule has 6 aromatic heterocycles. The molecule has 1 fully saturated rings. The van der Waals surface area contributed by atoms with Crippen LogP contribution in [0.4, 0.5) is 17.8 Å². The summed E-state index contributed by atoms with van der Waals surface area (Å²) in [4.78, 5) is 44.0. The summed E-state index contributed by atoms with van der Waals surface area (Å²) < 4.78 is 6.59. The zero-order chi connectivity index (χ0) is 37.5. The Labute approximate surface area is 311 Å². The van der Waals surface area contributed by atoms with Crippen LogP contribution in [0.5, 0.6) is 0 Å². The summed E-state index contributed by atoms with van der Waals surface area (Å²) in [6, 6.07) is 6.99. The number of aliphatic hydroxyl groups excluding tert-OH is 1. The summed E-state index contributed by atoms with van der Waals surface area (Å²) in [5.74, 6) is 1.95. The molecule has 0 unspecified atom stereocenters. The van der Waals surface area contributed by atoms with Crippen molar-refractivity contribution >= 4 is 40.9 Å². The second kappa shape index (κ2) is 17.0. The Morgan fingerprint density at radius 3 is 1.89 bits per heavy atom. The van der Waals surface area contributed by atoms with Gasteiger partial charge in [0.1, 0.15) is 0 Å². The molecule has 1 saturated heterocycles. The van der Waals surface area contributed by atoms with E-state index in [4.69, 9.17) is 9.97 Å². The Morgan fingerprint density at radius 2 is 1.36 bits per heavy atom. The van der Waals surface area contributed by atoms with E-state index >= 15 is 0 Å². The van der Waals surface area contributed by atoms with E-state index in [1.165, 1.54) is 11.8 Å². The van der Waals surface area contributed by atoms with Gasteiger partial charge in [0.15, 0.2) is 16.5 Å². The lowest BCUT2D eigenvalue weighted by Crippen LogP contribution is -2.41. The minimum Gasteiger partial charge on any atom is -0.396 e. The first-order valence-electron chi connectivity index (χ1n) is 17.9. The normalized spacial score (nSPS) is 14.4. The van der Waals surface area contributed by atoms with Gasteiger partial charge in [-0.05, 0) is 55.9 Å². The van der Waals surface area contributed by atoms with Crippen LogP contribution in [0.15, 0.2) is 63.8 Å². The lowest BCUT2D eigenvalue weighted by molar-refractivity contribution is 0.261. The van der Waals surface area contributed by atoms with Crippen LogP contribution in [-0.2, 0) is 40.0 Å². The summed E-state index contributed by atoms with van der Waals surface area (Å²) in [6.45, 7) is 6.28. The molecule has 0 bridgehead atoms. The quantitative estimate of drug-likeness (QED) is 0.156. The molecule has 0 saturated carbocycles. The highest BCUT2D eigenvalue weighted by atomic mass is 32.2. The Hall–Kier alpha value is -5.29. The van der Waals surface area contributed by atoms with E-state index in [0.29, 0.717) is 36.1 Å². The number of hydrogen-bond acceptors (Lipinski definition) is 13. The van der Waals surface area contributed by atoms with Gasteiger partial charge in [-0.2, -0.15) is 34.2 Å². The highest BCUT2D eigenvalue weighted by Gasteiger charge is 2.26. The Morgan fingerprint density at radius 1 is 0.792 bits per heavy atom. The molecule has 0 amide bonds. The van der Waals surface area contributed by atoms with Gasteiger partial charge >= 0.3 is 0 Å². The number of thioether (sulfide) groups is 1. The van der Waals surface area contributed by atoms with E-state index in [1.807, 2.05) is 43.2 Å². The number of fused-ring (bicyclic) bond motifs is 2. The first-order chi connectivity index (χ1) is 25.7. The van der Waals surface area contributed by atoms with Crippen LogP contribution in [-0.4, -0.2) is 78.9 Å². The van der Waals surface area contributed by atoms with Crippen molar-refractivity contribution in [2.24, 2.45) is 14.1 Å². The monoisotopic (exact) mass is 741 g/mol. The van der Waals surface area contributed by atoms with Crippen molar-refractivity contribution in [2.75, 3.05) is 34.9 Å². The van der Waals surface area contributed by atoms with Crippen molar-refractivity contribution in [3.8, 4) is 0 Å². The number of piperidine rings is 1. The molecule has 280 valence electrons. The van der Waals surface area contributed by atoms with Crippen molar-refractivity contribution in [3.63, 3.8) is 0 Å². The van der Waals surface area contributed by atoms with Gasteiger partial charge in [0, 0.05) is 82.0 Å². The van der Waals surface area contributed by atoms with Crippen LogP contribution >= 0.6 is 11.8 Å². The van der Waals surface area contributed by atoms with Crippen molar-refractivity contribution in [3.05, 3.63) is 92.0 Å². The largest absolute Gasteiger partial charge is 0.396 e. The van der Waals surface area contributed by atoms with Crippen LogP contribution in [0.3, 0.4) is 0 Å². The van der Waals surface area contributed by atoms with E-state index < -0.39 is 0 Å². The molecular formula is C36H47N13O3S. The number of aromatic nitrogens is 10. The molecule has 7 rings (SSSR count). The topological polar surface area (TPSA) is 178 Å². The highest BCUT2D eigenvalue weighted by molar-refractivity contribution is 7.98. The number of rotatable bonds is 12. The zero-order valence-corrected chi connectivity index (χ0v) is 31.7. The average Bonchev–Trinajstić information content (AvgIpc) is 3.80. The highest BCUT2D eigenvalue weighted by Crippen LogP contribution is 2.26. The summed E-state index contributed by atoms with van der Waals surface area (Å²) in [5.41, 5.74) is 5.70. The third kappa shape index (κ3) is 8.52. The second-order valence-electron chi connectivity index (χ2n) is 12.9. The molecule has 53 heavy (non-hydrogen) atoms. The van der Waals surface area contributed by atoms with Gasteiger partial charge in [0.2, 0.25) is 29.0 Å². The van der Waals surface area contributed by atoms with E-state index in [9.17, 15) is 14.7 Å². The maximum atomic E-state index is 11.6. The summed E-state index contributed by atoms with van der Waals surface area (Å²) in [6.07, 6.45) is 15.0. The number of hydrogen-bond donors (Lipinski definition) is 3. The van der Waals surface area contributed by atoms with Gasteiger partial charge in [0.25, 0.3) is 0 Å². The van der Waals surface area contributed by atoms with Crippen LogP contribution in [0.2, 0.25) is 0 Å². The number of anilines is 3. The molecule has 0 aliphatic carbocycles. The molecular weight excluding hydrogens is 695 g/mol. The minimum absolute atomic E-state index is 0.0255. The molecule has 0 radical (unpaired) electrons. The summed E-state index contributed by atoms with van der Waals surface area (Å²) in [5, 5.41) is 25.7. The van der Waals surface area contributed by atoms with Crippen LogP contribution in [0.1, 0.15) is 61.8 Å². The van der Waals surface area contributed by atoms with Gasteiger partial charge in [-0.15, -0.1) is 0 Å². The van der Waals surface area contributed by atoms with E-state index in [2.05, 4.69) is 49.5 Å². The van der Waals surface area contributed by atoms with E-state index in [-0.39, 0.29) is 23.8 Å². The van der Waals surface area contributed by atoms with Crippen LogP contribution in [0, 0.1) is 0 Å². The van der Waals surface area contributed by atoms with E-state index in [0.717, 1.165) is 78.6 Å². The van der Waals surface area contributed by atoms with Crippen LogP contribution in [0.25, 0.3) is 11.3 Å². The first kappa shape index (κ1) is 37.5. The maximum Gasteiger partial charge on any atom is 0.250 e. The molecule has 1 aliphatic heterocycles. The van der Waals surface area contributed by atoms with Crippen molar-refractivity contribution in [1.29, 1.82) is 0 Å². The molecule has 17 heteroatoms. The van der Waals surface area contributed by atoms with Crippen molar-refractivity contribution < 1.29 is 5.11 Å². The number of nitrogens with one attached hydrogen (secondary N) is 2. The van der Waals surface area contributed by atoms with Crippen molar-refractivity contribution in [2.45, 2.75) is 76.7 Å². The van der Waals surface area contributed by atoms with Crippen molar-refractivity contribution in [1.82, 2.24) is 48.3 Å². The van der Waals surface area contributed by atoms with Gasteiger partial charge in [-0.1, -0.05) is 37.7 Å². The number of pyridine rings is 2. The fourth-order valence-electron chi connectivity index (χ4n) is 6.35.